The van der Waals surface area contributed by atoms with Gasteiger partial charge >= 0.3 is 0 Å². The van der Waals surface area contributed by atoms with E-state index in [-0.39, 0.29) is 12.3 Å². The van der Waals surface area contributed by atoms with Crippen molar-refractivity contribution in [3.63, 3.8) is 0 Å². The Morgan fingerprint density at radius 3 is 2.64 bits per heavy atom. The van der Waals surface area contributed by atoms with Crippen molar-refractivity contribution in [1.29, 1.82) is 0 Å². The summed E-state index contributed by atoms with van der Waals surface area (Å²) in [6.07, 6.45) is 0.583. The van der Waals surface area contributed by atoms with Crippen molar-refractivity contribution in [1.82, 2.24) is 10.1 Å². The molecule has 0 unspecified atom stereocenters. The molecule has 2 aromatic carbocycles. The topological polar surface area (TPSA) is 68.0 Å². The molecule has 5 nitrogen and oxygen atoms in total. The van der Waals surface area contributed by atoms with E-state index >= 15 is 0 Å². The summed E-state index contributed by atoms with van der Waals surface area (Å²) in [6.45, 7) is 1.90. The maximum absolute atomic E-state index is 12.0. The third kappa shape index (κ3) is 4.59. The van der Waals surface area contributed by atoms with Crippen LogP contribution in [0.3, 0.4) is 0 Å². The predicted octanol–water partition coefficient (Wildman–Crippen LogP) is 4.92. The second kappa shape index (κ2) is 7.68. The fourth-order valence-corrected chi connectivity index (χ4v) is 2.49. The molecule has 0 saturated heterocycles. The Balaban J connectivity index is 1.57. The largest absolute Gasteiger partial charge is 0.339 e. The van der Waals surface area contributed by atoms with Gasteiger partial charge in [-0.2, -0.15) is 4.98 Å². The van der Waals surface area contributed by atoms with Gasteiger partial charge in [0.2, 0.25) is 17.6 Å². The Morgan fingerprint density at radius 2 is 1.92 bits per heavy atom. The van der Waals surface area contributed by atoms with Crippen molar-refractivity contribution in [2.24, 2.45) is 0 Å². The first-order valence-electron chi connectivity index (χ1n) is 7.66. The third-order valence-electron chi connectivity index (χ3n) is 3.59. The van der Waals surface area contributed by atoms with E-state index < -0.39 is 0 Å². The lowest BCUT2D eigenvalue weighted by Crippen LogP contribution is -2.12. The van der Waals surface area contributed by atoms with Gasteiger partial charge in [0.25, 0.3) is 0 Å². The molecule has 0 saturated carbocycles. The van der Waals surface area contributed by atoms with Crippen LogP contribution in [-0.4, -0.2) is 16.0 Å². The van der Waals surface area contributed by atoms with Crippen LogP contribution in [0.2, 0.25) is 10.0 Å². The molecule has 3 aromatic rings. The van der Waals surface area contributed by atoms with Crippen LogP contribution in [-0.2, 0) is 11.2 Å². The van der Waals surface area contributed by atoms with Crippen molar-refractivity contribution >= 4 is 34.8 Å². The molecule has 0 aliphatic rings. The number of halogens is 2. The number of hydrogen-bond acceptors (Lipinski definition) is 4. The zero-order valence-electron chi connectivity index (χ0n) is 13.4. The van der Waals surface area contributed by atoms with E-state index in [1.807, 2.05) is 31.2 Å². The molecule has 3 rings (SSSR count). The van der Waals surface area contributed by atoms with Crippen molar-refractivity contribution < 1.29 is 9.32 Å². The van der Waals surface area contributed by atoms with Crippen LogP contribution in [0.25, 0.3) is 11.4 Å². The minimum atomic E-state index is -0.147. The van der Waals surface area contributed by atoms with E-state index in [0.717, 1.165) is 11.1 Å². The molecule has 128 valence electrons. The molecule has 0 bridgehead atoms. The highest BCUT2D eigenvalue weighted by molar-refractivity contribution is 6.31. The average Bonchev–Trinajstić information content (AvgIpc) is 3.06. The van der Waals surface area contributed by atoms with Crippen molar-refractivity contribution in [3.05, 3.63) is 64.0 Å². The zero-order chi connectivity index (χ0) is 17.8. The van der Waals surface area contributed by atoms with E-state index in [0.29, 0.717) is 33.9 Å². The Kier molecular flexibility index (Phi) is 5.36. The number of nitrogens with zero attached hydrogens (tertiary/aromatic N) is 2. The van der Waals surface area contributed by atoms with E-state index in [4.69, 9.17) is 27.7 Å². The van der Waals surface area contributed by atoms with Crippen LogP contribution in [0, 0.1) is 6.92 Å². The zero-order valence-corrected chi connectivity index (χ0v) is 14.9. The normalized spacial score (nSPS) is 10.7. The average molecular weight is 376 g/mol. The molecule has 1 amide bonds. The molecular formula is C18H15Cl2N3O2. The molecule has 1 aromatic heterocycles. The fraction of sp³-hybridized carbons (Fsp3) is 0.167. The number of carbonyl (C=O) groups excluding carboxylic acids is 1. The molecule has 7 heteroatoms. The molecule has 0 aliphatic carbocycles. The van der Waals surface area contributed by atoms with Crippen molar-refractivity contribution in [2.45, 2.75) is 19.8 Å². The molecule has 25 heavy (non-hydrogen) atoms. The van der Waals surface area contributed by atoms with Gasteiger partial charge in [-0.05, 0) is 48.9 Å². The fourth-order valence-electron chi connectivity index (χ4n) is 2.19. The van der Waals surface area contributed by atoms with Crippen LogP contribution in [0.5, 0.6) is 0 Å². The quantitative estimate of drug-likeness (QED) is 0.686. The highest BCUT2D eigenvalue weighted by atomic mass is 35.5. The number of amides is 1. The summed E-state index contributed by atoms with van der Waals surface area (Å²) >= 11 is 11.9. The van der Waals surface area contributed by atoms with Crippen molar-refractivity contribution in [2.75, 3.05) is 5.32 Å². The van der Waals surface area contributed by atoms with E-state index in [2.05, 4.69) is 15.5 Å². The standard InChI is InChI=1S/C18H15Cl2N3O2/c1-11-2-7-14(10-15(11)20)21-16(24)8-9-17-22-18(23-25-17)12-3-5-13(19)6-4-12/h2-7,10H,8-9H2,1H3,(H,21,24). The maximum Gasteiger partial charge on any atom is 0.227 e. The smallest absolute Gasteiger partial charge is 0.227 e. The number of anilines is 1. The summed E-state index contributed by atoms with van der Waals surface area (Å²) in [5.74, 6) is 0.727. The first-order chi connectivity index (χ1) is 12.0. The molecule has 0 radical (unpaired) electrons. The Morgan fingerprint density at radius 1 is 1.16 bits per heavy atom. The minimum Gasteiger partial charge on any atom is -0.339 e. The molecule has 0 atom stereocenters. The first kappa shape index (κ1) is 17.5. The molecule has 1 N–H and O–H groups in total. The lowest BCUT2D eigenvalue weighted by Gasteiger charge is -2.06. The van der Waals surface area contributed by atoms with Gasteiger partial charge in [-0.25, -0.2) is 0 Å². The van der Waals surface area contributed by atoms with Gasteiger partial charge < -0.3 is 9.84 Å². The molecular weight excluding hydrogens is 361 g/mol. The number of benzene rings is 2. The van der Waals surface area contributed by atoms with Gasteiger partial charge in [0, 0.05) is 34.1 Å². The minimum absolute atomic E-state index is 0.147. The van der Waals surface area contributed by atoms with Gasteiger partial charge in [0.1, 0.15) is 0 Å². The number of rotatable bonds is 5. The summed E-state index contributed by atoms with van der Waals surface area (Å²) in [5.41, 5.74) is 2.42. The Hall–Kier alpha value is -2.37. The van der Waals surface area contributed by atoms with E-state index in [1.165, 1.54) is 0 Å². The van der Waals surface area contributed by atoms with Gasteiger partial charge in [-0.1, -0.05) is 34.4 Å². The summed E-state index contributed by atoms with van der Waals surface area (Å²) in [6, 6.07) is 12.5. The predicted molar refractivity (Wildman–Crippen MR) is 97.9 cm³/mol. The van der Waals surface area contributed by atoms with Crippen LogP contribution in [0.15, 0.2) is 47.0 Å². The highest BCUT2D eigenvalue weighted by Gasteiger charge is 2.11. The lowest BCUT2D eigenvalue weighted by atomic mass is 10.2. The highest BCUT2D eigenvalue weighted by Crippen LogP contribution is 2.21. The second-order valence-corrected chi connectivity index (χ2v) is 6.37. The summed E-state index contributed by atoms with van der Waals surface area (Å²) < 4.78 is 5.19. The Labute approximate surface area is 155 Å². The molecule has 0 spiro atoms. The third-order valence-corrected chi connectivity index (χ3v) is 4.25. The van der Waals surface area contributed by atoms with Crippen molar-refractivity contribution in [3.8, 4) is 11.4 Å². The summed E-state index contributed by atoms with van der Waals surface area (Å²) in [7, 11) is 0. The number of nitrogens with one attached hydrogen (secondary N) is 1. The number of hydrogen-bond donors (Lipinski definition) is 1. The number of aryl methyl sites for hydroxylation is 2. The first-order valence-corrected chi connectivity index (χ1v) is 8.41. The maximum atomic E-state index is 12.0. The SMILES string of the molecule is Cc1ccc(NC(=O)CCc2nc(-c3ccc(Cl)cc3)no2)cc1Cl. The van der Waals surface area contributed by atoms with Gasteiger partial charge in [0.05, 0.1) is 0 Å². The molecule has 0 fully saturated rings. The van der Waals surface area contributed by atoms with Crippen LogP contribution in [0.4, 0.5) is 5.69 Å². The van der Waals surface area contributed by atoms with Gasteiger partial charge in [-0.3, -0.25) is 4.79 Å². The summed E-state index contributed by atoms with van der Waals surface area (Å²) in [4.78, 5) is 16.3. The van der Waals surface area contributed by atoms with Gasteiger partial charge in [0.15, 0.2) is 0 Å². The van der Waals surface area contributed by atoms with E-state index in [1.54, 1.807) is 18.2 Å². The summed E-state index contributed by atoms with van der Waals surface area (Å²) in [5, 5.41) is 7.97. The van der Waals surface area contributed by atoms with Crippen LogP contribution < -0.4 is 5.32 Å². The van der Waals surface area contributed by atoms with Crippen LogP contribution >= 0.6 is 23.2 Å². The monoisotopic (exact) mass is 375 g/mol. The molecule has 1 heterocycles. The molecule has 0 aliphatic heterocycles. The van der Waals surface area contributed by atoms with Gasteiger partial charge in [-0.15, -0.1) is 0 Å². The lowest BCUT2D eigenvalue weighted by molar-refractivity contribution is -0.116. The van der Waals surface area contributed by atoms with E-state index in [9.17, 15) is 4.79 Å². The Bertz CT molecular complexity index is 892. The van der Waals surface area contributed by atoms with Crippen LogP contribution in [0.1, 0.15) is 17.9 Å². The second-order valence-electron chi connectivity index (χ2n) is 5.53. The number of aromatic nitrogens is 2. The number of carbonyl (C=O) groups is 1.